The standard InChI is InChI=1S/C22H30N2O4/c1-28-22(27)18-7-6-8-19(15-18)23-20(25)16-9-11-17(12-10-16)21(26)24-13-4-2-3-5-14-24/h6-8,15-17H,2-5,9-14H2,1H3,(H,23,25). The summed E-state index contributed by atoms with van der Waals surface area (Å²) < 4.78 is 4.72. The van der Waals surface area contributed by atoms with Crippen LogP contribution in [-0.2, 0) is 14.3 Å². The third-order valence-corrected chi connectivity index (χ3v) is 5.92. The molecule has 152 valence electrons. The molecule has 28 heavy (non-hydrogen) atoms. The smallest absolute Gasteiger partial charge is 0.337 e. The van der Waals surface area contributed by atoms with Gasteiger partial charge in [-0.3, -0.25) is 9.59 Å². The first-order chi connectivity index (χ1) is 13.6. The maximum Gasteiger partial charge on any atom is 0.337 e. The Bertz CT molecular complexity index is 702. The monoisotopic (exact) mass is 386 g/mol. The van der Waals surface area contributed by atoms with Crippen LogP contribution in [0.2, 0.25) is 0 Å². The van der Waals surface area contributed by atoms with E-state index in [4.69, 9.17) is 4.74 Å². The zero-order chi connectivity index (χ0) is 19.9. The van der Waals surface area contributed by atoms with E-state index in [9.17, 15) is 14.4 Å². The molecule has 1 aromatic rings. The summed E-state index contributed by atoms with van der Waals surface area (Å²) in [6.07, 6.45) is 7.65. The summed E-state index contributed by atoms with van der Waals surface area (Å²) in [6, 6.07) is 6.76. The molecule has 1 heterocycles. The number of likely N-dealkylation sites (tertiary alicyclic amines) is 1. The van der Waals surface area contributed by atoms with Crippen molar-refractivity contribution in [2.75, 3.05) is 25.5 Å². The molecular formula is C22H30N2O4. The van der Waals surface area contributed by atoms with E-state index in [0.717, 1.165) is 51.6 Å². The van der Waals surface area contributed by atoms with Crippen LogP contribution < -0.4 is 5.32 Å². The molecule has 0 unspecified atom stereocenters. The summed E-state index contributed by atoms with van der Waals surface area (Å²) in [5, 5.41) is 2.90. The SMILES string of the molecule is COC(=O)c1cccc(NC(=O)C2CCC(C(=O)N3CCCCCC3)CC2)c1. The van der Waals surface area contributed by atoms with E-state index in [1.807, 2.05) is 4.90 Å². The number of benzene rings is 1. The highest BCUT2D eigenvalue weighted by Crippen LogP contribution is 2.31. The average molecular weight is 386 g/mol. The Morgan fingerprint density at radius 1 is 0.964 bits per heavy atom. The van der Waals surface area contributed by atoms with Crippen LogP contribution in [0.15, 0.2) is 24.3 Å². The number of nitrogens with one attached hydrogen (secondary N) is 1. The summed E-state index contributed by atoms with van der Waals surface area (Å²) in [7, 11) is 1.33. The Morgan fingerprint density at radius 2 is 1.61 bits per heavy atom. The molecule has 1 aliphatic carbocycles. The van der Waals surface area contributed by atoms with Gasteiger partial charge in [0.1, 0.15) is 0 Å². The number of nitrogens with zero attached hydrogens (tertiary/aromatic N) is 1. The normalized spacial score (nSPS) is 22.8. The van der Waals surface area contributed by atoms with Gasteiger partial charge in [-0.2, -0.15) is 0 Å². The Balaban J connectivity index is 1.51. The number of methoxy groups -OCH3 is 1. The summed E-state index contributed by atoms with van der Waals surface area (Å²) in [5.41, 5.74) is 1.00. The molecule has 0 atom stereocenters. The highest BCUT2D eigenvalue weighted by molar-refractivity contribution is 5.95. The second-order valence-electron chi connectivity index (χ2n) is 7.85. The van der Waals surface area contributed by atoms with Crippen LogP contribution in [0.5, 0.6) is 0 Å². The van der Waals surface area contributed by atoms with E-state index in [0.29, 0.717) is 11.3 Å². The van der Waals surface area contributed by atoms with Gasteiger partial charge in [-0.25, -0.2) is 4.79 Å². The molecule has 1 N–H and O–H groups in total. The van der Waals surface area contributed by atoms with Crippen LogP contribution in [-0.4, -0.2) is 42.9 Å². The molecule has 1 saturated heterocycles. The van der Waals surface area contributed by atoms with Gasteiger partial charge in [0.15, 0.2) is 0 Å². The quantitative estimate of drug-likeness (QED) is 0.802. The predicted octanol–water partition coefficient (Wildman–Crippen LogP) is 3.62. The number of rotatable bonds is 4. The Morgan fingerprint density at radius 3 is 2.25 bits per heavy atom. The maximum absolute atomic E-state index is 12.8. The number of esters is 1. The molecule has 2 fully saturated rings. The summed E-state index contributed by atoms with van der Waals surface area (Å²) in [4.78, 5) is 39.1. The van der Waals surface area contributed by atoms with Gasteiger partial charge in [0.2, 0.25) is 11.8 Å². The van der Waals surface area contributed by atoms with Crippen molar-refractivity contribution < 1.29 is 19.1 Å². The molecule has 1 saturated carbocycles. The van der Waals surface area contributed by atoms with Crippen LogP contribution >= 0.6 is 0 Å². The number of hydrogen-bond acceptors (Lipinski definition) is 4. The number of hydrogen-bond donors (Lipinski definition) is 1. The summed E-state index contributed by atoms with van der Waals surface area (Å²) >= 11 is 0. The van der Waals surface area contributed by atoms with Crippen molar-refractivity contribution in [3.05, 3.63) is 29.8 Å². The molecule has 2 aliphatic rings. The van der Waals surface area contributed by atoms with Crippen LogP contribution in [0, 0.1) is 11.8 Å². The molecule has 0 radical (unpaired) electrons. The lowest BCUT2D eigenvalue weighted by atomic mass is 9.81. The minimum absolute atomic E-state index is 0.0392. The minimum Gasteiger partial charge on any atom is -0.465 e. The van der Waals surface area contributed by atoms with Crippen molar-refractivity contribution in [1.82, 2.24) is 4.90 Å². The van der Waals surface area contributed by atoms with E-state index in [1.54, 1.807) is 24.3 Å². The van der Waals surface area contributed by atoms with Crippen molar-refractivity contribution in [1.29, 1.82) is 0 Å². The Labute approximate surface area is 166 Å². The molecule has 1 aliphatic heterocycles. The number of amides is 2. The molecule has 0 aromatic heterocycles. The van der Waals surface area contributed by atoms with Gasteiger partial charge >= 0.3 is 5.97 Å². The van der Waals surface area contributed by atoms with Crippen molar-refractivity contribution in [2.45, 2.75) is 51.4 Å². The topological polar surface area (TPSA) is 75.7 Å². The molecular weight excluding hydrogens is 356 g/mol. The molecule has 6 nitrogen and oxygen atoms in total. The van der Waals surface area contributed by atoms with Crippen molar-refractivity contribution >= 4 is 23.5 Å². The molecule has 3 rings (SSSR count). The van der Waals surface area contributed by atoms with Crippen LogP contribution in [0.4, 0.5) is 5.69 Å². The Kier molecular flexibility index (Phi) is 7.06. The molecule has 0 bridgehead atoms. The van der Waals surface area contributed by atoms with E-state index < -0.39 is 5.97 Å². The van der Waals surface area contributed by atoms with Crippen molar-refractivity contribution in [3.63, 3.8) is 0 Å². The highest BCUT2D eigenvalue weighted by Gasteiger charge is 2.32. The van der Waals surface area contributed by atoms with Gasteiger partial charge in [-0.05, 0) is 56.7 Å². The van der Waals surface area contributed by atoms with Gasteiger partial charge in [-0.15, -0.1) is 0 Å². The second-order valence-corrected chi connectivity index (χ2v) is 7.85. The first kappa shape index (κ1) is 20.4. The lowest BCUT2D eigenvalue weighted by Gasteiger charge is -2.31. The lowest BCUT2D eigenvalue weighted by Crippen LogP contribution is -2.39. The minimum atomic E-state index is -0.427. The van der Waals surface area contributed by atoms with E-state index in [1.165, 1.54) is 20.0 Å². The van der Waals surface area contributed by atoms with Crippen LogP contribution in [0.25, 0.3) is 0 Å². The molecule has 0 spiro atoms. The first-order valence-corrected chi connectivity index (χ1v) is 10.4. The number of anilines is 1. The predicted molar refractivity (Wildman–Crippen MR) is 107 cm³/mol. The fraction of sp³-hybridized carbons (Fsp3) is 0.591. The van der Waals surface area contributed by atoms with Gasteiger partial charge in [0.25, 0.3) is 0 Å². The maximum atomic E-state index is 12.8. The van der Waals surface area contributed by atoms with Crippen molar-refractivity contribution in [3.8, 4) is 0 Å². The van der Waals surface area contributed by atoms with E-state index in [-0.39, 0.29) is 23.7 Å². The summed E-state index contributed by atoms with van der Waals surface area (Å²) in [6.45, 7) is 1.77. The van der Waals surface area contributed by atoms with Crippen molar-refractivity contribution in [2.24, 2.45) is 11.8 Å². The third-order valence-electron chi connectivity index (χ3n) is 5.92. The number of carbonyl (C=O) groups excluding carboxylic acids is 3. The fourth-order valence-corrected chi connectivity index (χ4v) is 4.24. The molecule has 1 aromatic carbocycles. The molecule has 6 heteroatoms. The largest absolute Gasteiger partial charge is 0.465 e. The number of ether oxygens (including phenoxy) is 1. The average Bonchev–Trinajstić information content (AvgIpc) is 3.02. The Hall–Kier alpha value is -2.37. The lowest BCUT2D eigenvalue weighted by molar-refractivity contribution is -0.137. The zero-order valence-corrected chi connectivity index (χ0v) is 16.6. The highest BCUT2D eigenvalue weighted by atomic mass is 16.5. The zero-order valence-electron chi connectivity index (χ0n) is 16.6. The van der Waals surface area contributed by atoms with Gasteiger partial charge < -0.3 is 15.0 Å². The van der Waals surface area contributed by atoms with E-state index >= 15 is 0 Å². The van der Waals surface area contributed by atoms with Crippen LogP contribution in [0.3, 0.4) is 0 Å². The number of carbonyl (C=O) groups is 3. The van der Waals surface area contributed by atoms with Gasteiger partial charge in [0, 0.05) is 30.6 Å². The van der Waals surface area contributed by atoms with Crippen LogP contribution in [0.1, 0.15) is 61.7 Å². The van der Waals surface area contributed by atoms with Gasteiger partial charge in [-0.1, -0.05) is 18.9 Å². The second kappa shape index (κ2) is 9.71. The summed E-state index contributed by atoms with van der Waals surface area (Å²) in [5.74, 6) is -0.211. The molecule has 2 amide bonds. The fourth-order valence-electron chi connectivity index (χ4n) is 4.24. The first-order valence-electron chi connectivity index (χ1n) is 10.4. The van der Waals surface area contributed by atoms with E-state index in [2.05, 4.69) is 5.32 Å². The van der Waals surface area contributed by atoms with Gasteiger partial charge in [0.05, 0.1) is 12.7 Å². The third kappa shape index (κ3) is 5.12.